The van der Waals surface area contributed by atoms with Crippen molar-refractivity contribution in [2.75, 3.05) is 7.11 Å². The van der Waals surface area contributed by atoms with Crippen molar-refractivity contribution >= 4 is 17.6 Å². The van der Waals surface area contributed by atoms with E-state index in [2.05, 4.69) is 4.74 Å². The van der Waals surface area contributed by atoms with Gasteiger partial charge >= 0.3 is 5.97 Å². The standard InChI is InChI=1S/C10H11ClO2/c1-13-10(12)6-8-3-2-4-9(5-8)7-11/h2-5H,6-7H2,1H3. The summed E-state index contributed by atoms with van der Waals surface area (Å²) in [5.41, 5.74) is 1.95. The number of hydrogen-bond donors (Lipinski definition) is 0. The molecule has 13 heavy (non-hydrogen) atoms. The molecule has 0 fully saturated rings. The van der Waals surface area contributed by atoms with Crippen LogP contribution in [0.3, 0.4) is 0 Å². The van der Waals surface area contributed by atoms with E-state index >= 15 is 0 Å². The summed E-state index contributed by atoms with van der Waals surface area (Å²) in [6.07, 6.45) is 0.307. The van der Waals surface area contributed by atoms with Gasteiger partial charge in [-0.15, -0.1) is 11.6 Å². The second-order valence-electron chi connectivity index (χ2n) is 2.71. The molecule has 0 N–H and O–H groups in total. The molecule has 0 atom stereocenters. The van der Waals surface area contributed by atoms with E-state index in [0.717, 1.165) is 11.1 Å². The number of carbonyl (C=O) groups is 1. The Balaban J connectivity index is 2.71. The van der Waals surface area contributed by atoms with Crippen LogP contribution in [0.5, 0.6) is 0 Å². The highest BCUT2D eigenvalue weighted by Crippen LogP contribution is 2.08. The number of alkyl halides is 1. The predicted molar refractivity (Wildman–Crippen MR) is 51.7 cm³/mol. The van der Waals surface area contributed by atoms with Crippen LogP contribution in [0.1, 0.15) is 11.1 Å². The molecule has 70 valence electrons. The monoisotopic (exact) mass is 198 g/mol. The Labute approximate surface area is 82.5 Å². The smallest absolute Gasteiger partial charge is 0.309 e. The lowest BCUT2D eigenvalue weighted by Gasteiger charge is -2.01. The van der Waals surface area contributed by atoms with Crippen LogP contribution in [0, 0.1) is 0 Å². The third kappa shape index (κ3) is 3.07. The number of benzene rings is 1. The topological polar surface area (TPSA) is 26.3 Å². The van der Waals surface area contributed by atoms with Crippen molar-refractivity contribution in [3.05, 3.63) is 35.4 Å². The van der Waals surface area contributed by atoms with Crippen molar-refractivity contribution in [2.45, 2.75) is 12.3 Å². The quantitative estimate of drug-likeness (QED) is 0.550. The third-order valence-electron chi connectivity index (χ3n) is 1.72. The fourth-order valence-corrected chi connectivity index (χ4v) is 1.23. The lowest BCUT2D eigenvalue weighted by Crippen LogP contribution is -2.04. The van der Waals surface area contributed by atoms with Gasteiger partial charge in [0.05, 0.1) is 13.5 Å². The molecule has 0 aliphatic carbocycles. The molecular weight excluding hydrogens is 188 g/mol. The van der Waals surface area contributed by atoms with Crippen LogP contribution in [0.4, 0.5) is 0 Å². The molecule has 0 radical (unpaired) electrons. The molecule has 0 aromatic heterocycles. The summed E-state index contributed by atoms with van der Waals surface area (Å²) in [5.74, 6) is 0.237. The number of ether oxygens (including phenoxy) is 1. The molecule has 0 heterocycles. The van der Waals surface area contributed by atoms with Gasteiger partial charge in [-0.25, -0.2) is 0 Å². The Morgan fingerprint density at radius 3 is 2.77 bits per heavy atom. The zero-order chi connectivity index (χ0) is 9.68. The molecule has 3 heteroatoms. The summed E-state index contributed by atoms with van der Waals surface area (Å²) in [4.78, 5) is 10.9. The summed E-state index contributed by atoms with van der Waals surface area (Å²) < 4.78 is 4.56. The zero-order valence-corrected chi connectivity index (χ0v) is 8.17. The number of hydrogen-bond acceptors (Lipinski definition) is 2. The van der Waals surface area contributed by atoms with Crippen LogP contribution in [-0.2, 0) is 21.8 Å². The Hall–Kier alpha value is -1.02. The molecule has 0 bridgehead atoms. The molecule has 0 saturated carbocycles. The number of esters is 1. The maximum Gasteiger partial charge on any atom is 0.309 e. The highest BCUT2D eigenvalue weighted by Gasteiger charge is 2.02. The summed E-state index contributed by atoms with van der Waals surface area (Å²) in [5, 5.41) is 0. The minimum atomic E-state index is -0.230. The molecule has 0 amide bonds. The zero-order valence-electron chi connectivity index (χ0n) is 7.42. The van der Waals surface area contributed by atoms with Gasteiger partial charge in [0.1, 0.15) is 0 Å². The minimum absolute atomic E-state index is 0.230. The molecule has 0 spiro atoms. The first-order chi connectivity index (χ1) is 6.26. The lowest BCUT2D eigenvalue weighted by atomic mass is 10.1. The molecule has 1 rings (SSSR count). The van der Waals surface area contributed by atoms with E-state index in [4.69, 9.17) is 11.6 Å². The molecule has 0 aliphatic heterocycles. The SMILES string of the molecule is COC(=O)Cc1cccc(CCl)c1. The largest absolute Gasteiger partial charge is 0.469 e. The number of rotatable bonds is 3. The first-order valence-electron chi connectivity index (χ1n) is 3.97. The van der Waals surface area contributed by atoms with Crippen LogP contribution in [0.15, 0.2) is 24.3 Å². The van der Waals surface area contributed by atoms with Gasteiger partial charge in [0.15, 0.2) is 0 Å². The van der Waals surface area contributed by atoms with Crippen LogP contribution < -0.4 is 0 Å². The van der Waals surface area contributed by atoms with E-state index < -0.39 is 0 Å². The van der Waals surface area contributed by atoms with Gasteiger partial charge in [-0.2, -0.15) is 0 Å². The first-order valence-corrected chi connectivity index (χ1v) is 4.50. The third-order valence-corrected chi connectivity index (χ3v) is 2.03. The second kappa shape index (κ2) is 4.87. The van der Waals surface area contributed by atoms with E-state index in [1.807, 2.05) is 24.3 Å². The van der Waals surface area contributed by atoms with Crippen molar-refractivity contribution in [2.24, 2.45) is 0 Å². The number of methoxy groups -OCH3 is 1. The fourth-order valence-electron chi connectivity index (χ4n) is 1.06. The van der Waals surface area contributed by atoms with Crippen LogP contribution in [-0.4, -0.2) is 13.1 Å². The number of carbonyl (C=O) groups excluding carboxylic acids is 1. The van der Waals surface area contributed by atoms with E-state index in [9.17, 15) is 4.79 Å². The highest BCUT2D eigenvalue weighted by molar-refractivity contribution is 6.17. The summed E-state index contributed by atoms with van der Waals surface area (Å²) >= 11 is 5.65. The maximum atomic E-state index is 10.9. The minimum Gasteiger partial charge on any atom is -0.469 e. The Morgan fingerprint density at radius 1 is 1.46 bits per heavy atom. The average molecular weight is 199 g/mol. The van der Waals surface area contributed by atoms with E-state index in [-0.39, 0.29) is 5.97 Å². The lowest BCUT2D eigenvalue weighted by molar-refractivity contribution is -0.139. The summed E-state index contributed by atoms with van der Waals surface area (Å²) in [6, 6.07) is 7.60. The molecule has 0 unspecified atom stereocenters. The molecule has 0 aliphatic rings. The fraction of sp³-hybridized carbons (Fsp3) is 0.300. The van der Waals surface area contributed by atoms with Gasteiger partial charge in [0.2, 0.25) is 0 Å². The molecule has 0 saturated heterocycles. The molecule has 1 aromatic rings. The van der Waals surface area contributed by atoms with Gasteiger partial charge in [-0.3, -0.25) is 4.79 Å². The van der Waals surface area contributed by atoms with Crippen LogP contribution in [0.2, 0.25) is 0 Å². The van der Waals surface area contributed by atoms with Gasteiger partial charge in [0, 0.05) is 5.88 Å². The van der Waals surface area contributed by atoms with Gasteiger partial charge in [-0.1, -0.05) is 24.3 Å². The van der Waals surface area contributed by atoms with Crippen LogP contribution >= 0.6 is 11.6 Å². The summed E-state index contributed by atoms with van der Waals surface area (Å²) in [6.45, 7) is 0. The second-order valence-corrected chi connectivity index (χ2v) is 2.97. The maximum absolute atomic E-state index is 10.9. The number of halogens is 1. The van der Waals surface area contributed by atoms with E-state index in [1.54, 1.807) is 0 Å². The predicted octanol–water partition coefficient (Wildman–Crippen LogP) is 2.14. The van der Waals surface area contributed by atoms with E-state index in [1.165, 1.54) is 7.11 Å². The van der Waals surface area contributed by atoms with Crippen molar-refractivity contribution in [1.82, 2.24) is 0 Å². The highest BCUT2D eigenvalue weighted by atomic mass is 35.5. The summed E-state index contributed by atoms with van der Waals surface area (Å²) in [7, 11) is 1.38. The van der Waals surface area contributed by atoms with Crippen LogP contribution in [0.25, 0.3) is 0 Å². The van der Waals surface area contributed by atoms with Crippen molar-refractivity contribution < 1.29 is 9.53 Å². The molecule has 1 aromatic carbocycles. The Bertz CT molecular complexity index is 297. The van der Waals surface area contributed by atoms with Crippen molar-refractivity contribution in [3.63, 3.8) is 0 Å². The molecular formula is C10H11ClO2. The van der Waals surface area contributed by atoms with Gasteiger partial charge in [0.25, 0.3) is 0 Å². The Kier molecular flexibility index (Phi) is 3.77. The normalized spacial score (nSPS) is 9.69. The molecule has 2 nitrogen and oxygen atoms in total. The van der Waals surface area contributed by atoms with Crippen molar-refractivity contribution in [1.29, 1.82) is 0 Å². The van der Waals surface area contributed by atoms with E-state index in [0.29, 0.717) is 12.3 Å². The average Bonchev–Trinajstić information content (AvgIpc) is 2.18. The first kappa shape index (κ1) is 10.1. The van der Waals surface area contributed by atoms with Crippen molar-refractivity contribution in [3.8, 4) is 0 Å². The van der Waals surface area contributed by atoms with Gasteiger partial charge in [-0.05, 0) is 11.1 Å². The Morgan fingerprint density at radius 2 is 2.15 bits per heavy atom. The van der Waals surface area contributed by atoms with Gasteiger partial charge < -0.3 is 4.74 Å².